The van der Waals surface area contributed by atoms with Gasteiger partial charge in [0.2, 0.25) is 5.91 Å². The third-order valence-electron chi connectivity index (χ3n) is 3.93. The van der Waals surface area contributed by atoms with Gasteiger partial charge >= 0.3 is 0 Å². The van der Waals surface area contributed by atoms with Crippen LogP contribution in [0.25, 0.3) is 6.08 Å². The largest absolute Gasteiger partial charge is 0.461 e. The first-order chi connectivity index (χ1) is 8.74. The summed E-state index contributed by atoms with van der Waals surface area (Å²) in [5, 5.41) is 0. The van der Waals surface area contributed by atoms with Gasteiger partial charge in [-0.15, -0.1) is 0 Å². The number of likely N-dealkylation sites (tertiary alicyclic amines) is 1. The summed E-state index contributed by atoms with van der Waals surface area (Å²) in [5.41, 5.74) is 0. The fourth-order valence-electron chi connectivity index (χ4n) is 2.57. The molecule has 1 aliphatic heterocycles. The van der Waals surface area contributed by atoms with Crippen molar-refractivity contribution in [2.45, 2.75) is 32.1 Å². The van der Waals surface area contributed by atoms with Gasteiger partial charge in [-0.2, -0.15) is 0 Å². The van der Waals surface area contributed by atoms with Crippen LogP contribution in [0.15, 0.2) is 22.6 Å². The van der Waals surface area contributed by atoms with Gasteiger partial charge in [-0.25, -0.2) is 0 Å². The lowest BCUT2D eigenvalue weighted by Gasteiger charge is -2.11. The molecule has 0 aromatic carbocycles. The first kappa shape index (κ1) is 11.6. The maximum atomic E-state index is 11.8. The highest BCUT2D eigenvalue weighted by molar-refractivity contribution is 5.91. The highest BCUT2D eigenvalue weighted by Crippen LogP contribution is 2.47. The Labute approximate surface area is 107 Å². The molecule has 0 radical (unpaired) electrons. The Morgan fingerprint density at radius 1 is 1.39 bits per heavy atom. The van der Waals surface area contributed by atoms with Crippen molar-refractivity contribution in [3.8, 4) is 0 Å². The standard InChI is InChI=1S/C15H19NO2/c1-11-10-13(11)14-6-4-12(18-14)5-7-15(17)16-8-2-3-9-16/h4-7,11,13H,2-3,8-10H2,1H3/b7-5+. The lowest BCUT2D eigenvalue weighted by molar-refractivity contribution is -0.124. The van der Waals surface area contributed by atoms with Gasteiger partial charge in [0.1, 0.15) is 11.5 Å². The summed E-state index contributed by atoms with van der Waals surface area (Å²) in [7, 11) is 0. The van der Waals surface area contributed by atoms with E-state index in [1.54, 1.807) is 12.2 Å². The summed E-state index contributed by atoms with van der Waals surface area (Å²) in [6.07, 6.45) is 6.90. The zero-order valence-corrected chi connectivity index (χ0v) is 10.8. The normalized spacial score (nSPS) is 27.1. The molecule has 96 valence electrons. The number of hydrogen-bond donors (Lipinski definition) is 0. The average Bonchev–Trinajstić information content (AvgIpc) is 2.87. The van der Waals surface area contributed by atoms with Crippen LogP contribution in [-0.2, 0) is 4.79 Å². The fourth-order valence-corrected chi connectivity index (χ4v) is 2.57. The molecule has 2 aliphatic rings. The lowest BCUT2D eigenvalue weighted by Crippen LogP contribution is -2.25. The number of hydrogen-bond acceptors (Lipinski definition) is 2. The van der Waals surface area contributed by atoms with Crippen molar-refractivity contribution in [3.63, 3.8) is 0 Å². The van der Waals surface area contributed by atoms with Gasteiger partial charge in [0.25, 0.3) is 0 Å². The molecule has 1 aliphatic carbocycles. The number of rotatable bonds is 3. The maximum absolute atomic E-state index is 11.8. The zero-order valence-electron chi connectivity index (χ0n) is 10.8. The molecule has 1 amide bonds. The molecule has 18 heavy (non-hydrogen) atoms. The quantitative estimate of drug-likeness (QED) is 0.767. The molecule has 1 aromatic heterocycles. The first-order valence-electron chi connectivity index (χ1n) is 6.81. The molecule has 0 N–H and O–H groups in total. The van der Waals surface area contributed by atoms with Gasteiger partial charge in [0, 0.05) is 25.1 Å². The first-order valence-corrected chi connectivity index (χ1v) is 6.81. The van der Waals surface area contributed by atoms with E-state index in [0.29, 0.717) is 5.92 Å². The van der Waals surface area contributed by atoms with E-state index in [1.807, 2.05) is 17.0 Å². The molecule has 2 unspecified atom stereocenters. The van der Waals surface area contributed by atoms with Crippen LogP contribution in [0.4, 0.5) is 0 Å². The van der Waals surface area contributed by atoms with E-state index in [9.17, 15) is 4.79 Å². The van der Waals surface area contributed by atoms with Crippen molar-refractivity contribution in [2.75, 3.05) is 13.1 Å². The Hall–Kier alpha value is -1.51. The van der Waals surface area contributed by atoms with E-state index >= 15 is 0 Å². The Morgan fingerprint density at radius 3 is 2.78 bits per heavy atom. The minimum Gasteiger partial charge on any atom is -0.461 e. The van der Waals surface area contributed by atoms with Crippen LogP contribution in [0.5, 0.6) is 0 Å². The molecule has 2 fully saturated rings. The smallest absolute Gasteiger partial charge is 0.246 e. The molecule has 3 rings (SSSR count). The van der Waals surface area contributed by atoms with Crippen LogP contribution in [0.2, 0.25) is 0 Å². The number of nitrogens with zero attached hydrogens (tertiary/aromatic N) is 1. The van der Waals surface area contributed by atoms with E-state index in [1.165, 1.54) is 6.42 Å². The number of carbonyl (C=O) groups is 1. The van der Waals surface area contributed by atoms with Crippen molar-refractivity contribution in [2.24, 2.45) is 5.92 Å². The summed E-state index contributed by atoms with van der Waals surface area (Å²) in [5.74, 6) is 3.30. The molecule has 1 saturated heterocycles. The van der Waals surface area contributed by atoms with Crippen molar-refractivity contribution < 1.29 is 9.21 Å². The van der Waals surface area contributed by atoms with E-state index < -0.39 is 0 Å². The molecule has 2 heterocycles. The van der Waals surface area contributed by atoms with E-state index in [2.05, 4.69) is 6.92 Å². The van der Waals surface area contributed by atoms with E-state index in [4.69, 9.17) is 4.42 Å². The number of furan rings is 1. The molecule has 1 saturated carbocycles. The lowest BCUT2D eigenvalue weighted by atomic mass is 10.3. The van der Waals surface area contributed by atoms with Crippen molar-refractivity contribution >= 4 is 12.0 Å². The second kappa shape index (κ2) is 4.63. The molecule has 0 bridgehead atoms. The summed E-state index contributed by atoms with van der Waals surface area (Å²) >= 11 is 0. The fraction of sp³-hybridized carbons (Fsp3) is 0.533. The van der Waals surface area contributed by atoms with Crippen LogP contribution in [0, 0.1) is 5.92 Å². The molecule has 1 aromatic rings. The molecular formula is C15H19NO2. The van der Waals surface area contributed by atoms with Crippen molar-refractivity contribution in [1.82, 2.24) is 4.90 Å². The predicted octanol–water partition coefficient (Wildman–Crippen LogP) is 3.04. The van der Waals surface area contributed by atoms with Gasteiger partial charge in [-0.3, -0.25) is 4.79 Å². The number of amides is 1. The monoisotopic (exact) mass is 245 g/mol. The van der Waals surface area contributed by atoms with Crippen molar-refractivity contribution in [1.29, 1.82) is 0 Å². The SMILES string of the molecule is CC1CC1c1ccc(/C=C/C(=O)N2CCCC2)o1. The van der Waals surface area contributed by atoms with Gasteiger partial charge in [0.15, 0.2) is 0 Å². The van der Waals surface area contributed by atoms with Gasteiger partial charge in [-0.05, 0) is 43.4 Å². The van der Waals surface area contributed by atoms with E-state index in [0.717, 1.165) is 43.4 Å². The molecular weight excluding hydrogens is 226 g/mol. The Balaban J connectivity index is 1.61. The third kappa shape index (κ3) is 2.35. The zero-order chi connectivity index (χ0) is 12.5. The summed E-state index contributed by atoms with van der Waals surface area (Å²) in [6.45, 7) is 4.03. The molecule has 2 atom stereocenters. The Morgan fingerprint density at radius 2 is 2.11 bits per heavy atom. The van der Waals surface area contributed by atoms with Crippen molar-refractivity contribution in [3.05, 3.63) is 29.7 Å². The van der Waals surface area contributed by atoms with Gasteiger partial charge in [0.05, 0.1) is 0 Å². The van der Waals surface area contributed by atoms with E-state index in [-0.39, 0.29) is 5.91 Å². The Bertz CT molecular complexity index is 469. The molecule has 0 spiro atoms. The van der Waals surface area contributed by atoms with Crippen LogP contribution in [-0.4, -0.2) is 23.9 Å². The van der Waals surface area contributed by atoms with Crippen LogP contribution >= 0.6 is 0 Å². The number of carbonyl (C=O) groups excluding carboxylic acids is 1. The van der Waals surface area contributed by atoms with Gasteiger partial charge in [-0.1, -0.05) is 6.92 Å². The third-order valence-corrected chi connectivity index (χ3v) is 3.93. The second-order valence-corrected chi connectivity index (χ2v) is 5.43. The van der Waals surface area contributed by atoms with Gasteiger partial charge < -0.3 is 9.32 Å². The minimum absolute atomic E-state index is 0.102. The summed E-state index contributed by atoms with van der Waals surface area (Å²) in [6, 6.07) is 3.99. The average molecular weight is 245 g/mol. The highest BCUT2D eigenvalue weighted by Gasteiger charge is 2.36. The second-order valence-electron chi connectivity index (χ2n) is 5.43. The summed E-state index contributed by atoms with van der Waals surface area (Å²) in [4.78, 5) is 13.7. The Kier molecular flexibility index (Phi) is 2.98. The predicted molar refractivity (Wildman–Crippen MR) is 70.1 cm³/mol. The molecule has 3 heteroatoms. The minimum atomic E-state index is 0.102. The van der Waals surface area contributed by atoms with Crippen LogP contribution in [0.1, 0.15) is 43.6 Å². The topological polar surface area (TPSA) is 33.5 Å². The maximum Gasteiger partial charge on any atom is 0.246 e. The van der Waals surface area contributed by atoms with Crippen LogP contribution in [0.3, 0.4) is 0 Å². The highest BCUT2D eigenvalue weighted by atomic mass is 16.3. The molecule has 3 nitrogen and oxygen atoms in total. The van der Waals surface area contributed by atoms with Crippen LogP contribution < -0.4 is 0 Å². The summed E-state index contributed by atoms with van der Waals surface area (Å²) < 4.78 is 5.73.